The molecule has 0 spiro atoms. The molecular formula is C20H20ClN3O3S. The summed E-state index contributed by atoms with van der Waals surface area (Å²) in [6.45, 7) is 4.34. The van der Waals surface area contributed by atoms with Crippen LogP contribution in [0.2, 0.25) is 5.02 Å². The quantitative estimate of drug-likeness (QED) is 0.415. The summed E-state index contributed by atoms with van der Waals surface area (Å²) >= 11 is 7.36. The van der Waals surface area contributed by atoms with Gasteiger partial charge in [-0.1, -0.05) is 23.4 Å². The summed E-state index contributed by atoms with van der Waals surface area (Å²) in [7, 11) is 1.58. The Morgan fingerprint density at radius 1 is 1.25 bits per heavy atom. The number of halogens is 1. The number of aromatic amines is 1. The predicted molar refractivity (Wildman–Crippen MR) is 111 cm³/mol. The molecule has 1 aromatic heterocycles. The molecule has 3 aromatic rings. The summed E-state index contributed by atoms with van der Waals surface area (Å²) in [5.74, 6) is 1.91. The van der Waals surface area contributed by atoms with Crippen molar-refractivity contribution in [2.24, 2.45) is 0 Å². The highest BCUT2D eigenvalue weighted by Gasteiger charge is 2.20. The van der Waals surface area contributed by atoms with E-state index in [1.807, 2.05) is 13.8 Å². The number of Topliss-reactive ketones (excluding diaryl/α,β-unsaturated/α-hetero) is 1. The second-order valence-corrected chi connectivity index (χ2v) is 7.64. The molecule has 1 heterocycles. The average molecular weight is 418 g/mol. The van der Waals surface area contributed by atoms with E-state index in [1.54, 1.807) is 49.6 Å². The lowest BCUT2D eigenvalue weighted by Gasteiger charge is -2.09. The number of carbonyl (C=O) groups is 1. The average Bonchev–Trinajstić information content (AvgIpc) is 3.16. The molecule has 28 heavy (non-hydrogen) atoms. The van der Waals surface area contributed by atoms with Crippen molar-refractivity contribution in [3.05, 3.63) is 53.1 Å². The van der Waals surface area contributed by atoms with Crippen molar-refractivity contribution < 1.29 is 14.3 Å². The Hall–Kier alpha value is -2.51. The molecule has 0 amide bonds. The largest absolute Gasteiger partial charge is 0.496 e. The van der Waals surface area contributed by atoms with Crippen molar-refractivity contribution in [1.82, 2.24) is 15.2 Å². The fourth-order valence-electron chi connectivity index (χ4n) is 2.61. The van der Waals surface area contributed by atoms with E-state index >= 15 is 0 Å². The number of aromatic nitrogens is 3. The van der Waals surface area contributed by atoms with Gasteiger partial charge >= 0.3 is 0 Å². The molecule has 0 bridgehead atoms. The van der Waals surface area contributed by atoms with Gasteiger partial charge in [-0.3, -0.25) is 9.89 Å². The van der Waals surface area contributed by atoms with Gasteiger partial charge in [-0.05, 0) is 56.3 Å². The van der Waals surface area contributed by atoms with E-state index in [2.05, 4.69) is 15.2 Å². The molecule has 6 nitrogen and oxygen atoms in total. The molecule has 0 saturated carbocycles. The Labute approximate surface area is 172 Å². The monoisotopic (exact) mass is 417 g/mol. The Bertz CT molecular complexity index is 960. The fraction of sp³-hybridized carbons (Fsp3) is 0.250. The van der Waals surface area contributed by atoms with Crippen LogP contribution in [0, 0.1) is 0 Å². The van der Waals surface area contributed by atoms with Gasteiger partial charge in [-0.25, -0.2) is 4.98 Å². The van der Waals surface area contributed by atoms with Gasteiger partial charge < -0.3 is 9.47 Å². The molecule has 0 aliphatic rings. The van der Waals surface area contributed by atoms with E-state index < -0.39 is 0 Å². The molecule has 8 heteroatoms. The molecule has 1 N–H and O–H groups in total. The summed E-state index contributed by atoms with van der Waals surface area (Å²) in [5, 5.41) is 7.79. The SMILES string of the molecule is CCOc1ccc(C(=O)[C@@H](C)Sc2n[nH]c(-c3cc(Cl)ccc3OC)n2)cc1. The second kappa shape index (κ2) is 9.12. The highest BCUT2D eigenvalue weighted by atomic mass is 35.5. The van der Waals surface area contributed by atoms with E-state index in [4.69, 9.17) is 21.1 Å². The van der Waals surface area contributed by atoms with Crippen LogP contribution in [0.3, 0.4) is 0 Å². The van der Waals surface area contributed by atoms with Crippen molar-refractivity contribution in [3.63, 3.8) is 0 Å². The van der Waals surface area contributed by atoms with Gasteiger partial charge in [0, 0.05) is 10.6 Å². The third-order valence-corrected chi connectivity index (χ3v) is 5.18. The highest BCUT2D eigenvalue weighted by Crippen LogP contribution is 2.32. The van der Waals surface area contributed by atoms with Crippen molar-refractivity contribution in [2.45, 2.75) is 24.3 Å². The van der Waals surface area contributed by atoms with Gasteiger partial charge in [-0.15, -0.1) is 5.10 Å². The molecule has 0 aliphatic heterocycles. The zero-order valence-corrected chi connectivity index (χ0v) is 17.3. The standard InChI is InChI=1S/C20H20ClN3O3S/c1-4-27-15-8-5-13(6-9-15)18(25)12(2)28-20-22-19(23-24-20)16-11-14(21)7-10-17(16)26-3/h5-12H,4H2,1-3H3,(H,22,23,24)/t12-/m1/s1. The molecule has 0 fully saturated rings. The maximum absolute atomic E-state index is 12.7. The van der Waals surface area contributed by atoms with Crippen LogP contribution in [0.5, 0.6) is 11.5 Å². The minimum Gasteiger partial charge on any atom is -0.496 e. The van der Waals surface area contributed by atoms with Crippen LogP contribution < -0.4 is 9.47 Å². The number of benzene rings is 2. The number of nitrogens with zero attached hydrogens (tertiary/aromatic N) is 2. The highest BCUT2D eigenvalue weighted by molar-refractivity contribution is 8.00. The minimum atomic E-state index is -0.345. The summed E-state index contributed by atoms with van der Waals surface area (Å²) in [4.78, 5) is 17.1. The summed E-state index contributed by atoms with van der Waals surface area (Å²) in [6.07, 6.45) is 0. The van der Waals surface area contributed by atoms with Crippen molar-refractivity contribution in [1.29, 1.82) is 0 Å². The van der Waals surface area contributed by atoms with E-state index in [1.165, 1.54) is 11.8 Å². The summed E-state index contributed by atoms with van der Waals surface area (Å²) in [6, 6.07) is 12.4. The number of ether oxygens (including phenoxy) is 2. The fourth-order valence-corrected chi connectivity index (χ4v) is 3.59. The number of hydrogen-bond donors (Lipinski definition) is 1. The van der Waals surface area contributed by atoms with E-state index in [0.717, 1.165) is 5.75 Å². The van der Waals surface area contributed by atoms with E-state index in [9.17, 15) is 4.79 Å². The number of rotatable bonds is 8. The summed E-state index contributed by atoms with van der Waals surface area (Å²) in [5.41, 5.74) is 1.33. The first kappa shape index (κ1) is 20.2. The van der Waals surface area contributed by atoms with Gasteiger partial charge in [0.05, 0.1) is 24.5 Å². The van der Waals surface area contributed by atoms with Gasteiger partial charge in [0.15, 0.2) is 11.6 Å². The normalized spacial score (nSPS) is 11.9. The third-order valence-electron chi connectivity index (χ3n) is 3.98. The van der Waals surface area contributed by atoms with Crippen molar-refractivity contribution >= 4 is 29.1 Å². The number of H-pyrrole nitrogens is 1. The zero-order valence-electron chi connectivity index (χ0n) is 15.7. The number of ketones is 1. The van der Waals surface area contributed by atoms with Gasteiger partial charge in [-0.2, -0.15) is 0 Å². The summed E-state index contributed by atoms with van der Waals surface area (Å²) < 4.78 is 10.8. The number of nitrogens with one attached hydrogen (secondary N) is 1. The molecule has 146 valence electrons. The Kier molecular flexibility index (Phi) is 6.59. The smallest absolute Gasteiger partial charge is 0.209 e. The topological polar surface area (TPSA) is 77.1 Å². The molecule has 2 aromatic carbocycles. The second-order valence-electron chi connectivity index (χ2n) is 5.89. The third kappa shape index (κ3) is 4.66. The molecule has 0 aliphatic carbocycles. The van der Waals surface area contributed by atoms with Crippen LogP contribution in [0.15, 0.2) is 47.6 Å². The zero-order chi connectivity index (χ0) is 20.1. The maximum Gasteiger partial charge on any atom is 0.209 e. The lowest BCUT2D eigenvalue weighted by molar-refractivity contribution is 0.0994. The van der Waals surface area contributed by atoms with Crippen molar-refractivity contribution in [2.75, 3.05) is 13.7 Å². The van der Waals surface area contributed by atoms with Gasteiger partial charge in [0.1, 0.15) is 11.5 Å². The lowest BCUT2D eigenvalue weighted by Crippen LogP contribution is -2.13. The Morgan fingerprint density at radius 2 is 2.00 bits per heavy atom. The van der Waals surface area contributed by atoms with Crippen LogP contribution in [0.4, 0.5) is 0 Å². The minimum absolute atomic E-state index is 0.000246. The number of carbonyl (C=O) groups excluding carboxylic acids is 1. The predicted octanol–water partition coefficient (Wildman–Crippen LogP) is 4.90. The molecule has 0 radical (unpaired) electrons. The molecule has 3 rings (SSSR count). The lowest BCUT2D eigenvalue weighted by atomic mass is 10.1. The van der Waals surface area contributed by atoms with Gasteiger partial charge in [0.2, 0.25) is 5.16 Å². The maximum atomic E-state index is 12.7. The number of hydrogen-bond acceptors (Lipinski definition) is 6. The van der Waals surface area contributed by atoms with Crippen LogP contribution >= 0.6 is 23.4 Å². The van der Waals surface area contributed by atoms with Crippen molar-refractivity contribution in [3.8, 4) is 22.9 Å². The molecule has 1 atom stereocenters. The van der Waals surface area contributed by atoms with E-state index in [-0.39, 0.29) is 11.0 Å². The number of methoxy groups -OCH3 is 1. The first-order valence-electron chi connectivity index (χ1n) is 8.72. The van der Waals surface area contributed by atoms with Crippen LogP contribution in [0.1, 0.15) is 24.2 Å². The first-order valence-corrected chi connectivity index (χ1v) is 9.97. The van der Waals surface area contributed by atoms with Crippen LogP contribution in [-0.2, 0) is 0 Å². The van der Waals surface area contributed by atoms with Crippen LogP contribution in [-0.4, -0.2) is 39.9 Å². The van der Waals surface area contributed by atoms with Gasteiger partial charge in [0.25, 0.3) is 0 Å². The molecule has 0 saturated heterocycles. The molecule has 0 unspecified atom stereocenters. The Morgan fingerprint density at radius 3 is 2.68 bits per heavy atom. The van der Waals surface area contributed by atoms with Crippen LogP contribution in [0.25, 0.3) is 11.4 Å². The number of thioether (sulfide) groups is 1. The van der Waals surface area contributed by atoms with E-state index in [0.29, 0.717) is 39.5 Å². The first-order chi connectivity index (χ1) is 13.5. The Balaban J connectivity index is 1.72. The molecular weight excluding hydrogens is 398 g/mol.